The van der Waals surface area contributed by atoms with Crippen LogP contribution in [0.5, 0.6) is 0 Å². The van der Waals surface area contributed by atoms with Crippen molar-refractivity contribution in [1.82, 2.24) is 20.1 Å². The van der Waals surface area contributed by atoms with Gasteiger partial charge in [0.1, 0.15) is 12.2 Å². The molecule has 4 nitrogen and oxygen atoms in total. The predicted molar refractivity (Wildman–Crippen MR) is 62.0 cm³/mol. The van der Waals surface area contributed by atoms with Gasteiger partial charge in [-0.3, -0.25) is 0 Å². The molecule has 0 spiro atoms. The van der Waals surface area contributed by atoms with Crippen LogP contribution in [-0.2, 0) is 6.54 Å². The Kier molecular flexibility index (Phi) is 5.58. The zero-order chi connectivity index (χ0) is 13.6. The Balaban J connectivity index is 2.71. The highest BCUT2D eigenvalue weighted by molar-refractivity contribution is 4.94. The van der Waals surface area contributed by atoms with Crippen molar-refractivity contribution >= 4 is 0 Å². The van der Waals surface area contributed by atoms with Gasteiger partial charge in [-0.1, -0.05) is 6.92 Å². The van der Waals surface area contributed by atoms with Crippen molar-refractivity contribution in [3.63, 3.8) is 0 Å². The Labute approximate surface area is 105 Å². The van der Waals surface area contributed by atoms with Crippen LogP contribution in [-0.4, -0.2) is 27.5 Å². The number of rotatable bonds is 7. The SMILES string of the molecule is CCCNC(CCC(F)(F)F)c1ncnn1CC. The van der Waals surface area contributed by atoms with E-state index in [4.69, 9.17) is 0 Å². The molecule has 1 unspecified atom stereocenters. The van der Waals surface area contributed by atoms with Gasteiger partial charge in [-0.15, -0.1) is 0 Å². The molecule has 1 aromatic heterocycles. The largest absolute Gasteiger partial charge is 0.389 e. The summed E-state index contributed by atoms with van der Waals surface area (Å²) in [5.74, 6) is 0.579. The first-order chi connectivity index (χ1) is 8.48. The van der Waals surface area contributed by atoms with Gasteiger partial charge in [-0.25, -0.2) is 9.67 Å². The van der Waals surface area contributed by atoms with E-state index in [-0.39, 0.29) is 6.42 Å². The van der Waals surface area contributed by atoms with Crippen molar-refractivity contribution in [3.8, 4) is 0 Å². The Morgan fingerprint density at radius 2 is 2.11 bits per heavy atom. The molecule has 1 aromatic rings. The van der Waals surface area contributed by atoms with E-state index < -0.39 is 18.6 Å². The molecule has 0 aliphatic carbocycles. The van der Waals surface area contributed by atoms with Crippen LogP contribution in [0.4, 0.5) is 13.2 Å². The van der Waals surface area contributed by atoms with E-state index in [0.29, 0.717) is 18.9 Å². The van der Waals surface area contributed by atoms with Gasteiger partial charge in [0.2, 0.25) is 0 Å². The van der Waals surface area contributed by atoms with Gasteiger partial charge < -0.3 is 5.32 Å². The highest BCUT2D eigenvalue weighted by Gasteiger charge is 2.29. The Morgan fingerprint density at radius 3 is 2.67 bits per heavy atom. The number of nitrogens with zero attached hydrogens (tertiary/aromatic N) is 3. The summed E-state index contributed by atoms with van der Waals surface area (Å²) in [5, 5.41) is 7.09. The molecule has 18 heavy (non-hydrogen) atoms. The van der Waals surface area contributed by atoms with E-state index >= 15 is 0 Å². The number of aromatic nitrogens is 3. The van der Waals surface area contributed by atoms with Gasteiger partial charge in [0.25, 0.3) is 0 Å². The van der Waals surface area contributed by atoms with Crippen molar-refractivity contribution in [1.29, 1.82) is 0 Å². The zero-order valence-electron chi connectivity index (χ0n) is 10.7. The van der Waals surface area contributed by atoms with E-state index in [1.807, 2.05) is 13.8 Å². The molecule has 1 heterocycles. The summed E-state index contributed by atoms with van der Waals surface area (Å²) in [7, 11) is 0. The fraction of sp³-hybridized carbons (Fsp3) is 0.818. The molecule has 0 bridgehead atoms. The molecular formula is C11H19F3N4. The molecular weight excluding hydrogens is 245 g/mol. The van der Waals surface area contributed by atoms with Gasteiger partial charge in [0.15, 0.2) is 0 Å². The molecule has 1 atom stereocenters. The van der Waals surface area contributed by atoms with Gasteiger partial charge in [0, 0.05) is 13.0 Å². The van der Waals surface area contributed by atoms with E-state index in [9.17, 15) is 13.2 Å². The number of hydrogen-bond donors (Lipinski definition) is 1. The number of halogens is 3. The van der Waals surface area contributed by atoms with Crippen LogP contribution in [0.15, 0.2) is 6.33 Å². The third-order valence-electron chi connectivity index (χ3n) is 2.61. The van der Waals surface area contributed by atoms with E-state index in [1.54, 1.807) is 4.68 Å². The Hall–Kier alpha value is -1.11. The molecule has 0 aliphatic rings. The maximum absolute atomic E-state index is 12.3. The summed E-state index contributed by atoms with van der Waals surface area (Å²) >= 11 is 0. The smallest absolute Gasteiger partial charge is 0.307 e. The van der Waals surface area contributed by atoms with Gasteiger partial charge >= 0.3 is 6.18 Å². The van der Waals surface area contributed by atoms with Crippen LogP contribution in [0.2, 0.25) is 0 Å². The summed E-state index contributed by atoms with van der Waals surface area (Å²) < 4.78 is 38.5. The summed E-state index contributed by atoms with van der Waals surface area (Å²) in [6, 6.07) is -0.394. The van der Waals surface area contributed by atoms with Crippen LogP contribution < -0.4 is 5.32 Å². The maximum Gasteiger partial charge on any atom is 0.389 e. The Morgan fingerprint density at radius 1 is 1.39 bits per heavy atom. The molecule has 0 aliphatic heterocycles. The molecule has 0 saturated carbocycles. The standard InChI is InChI=1S/C11H19F3N4/c1-3-7-15-9(5-6-11(12,13)14)10-16-8-17-18(10)4-2/h8-9,15H,3-7H2,1-2H3. The van der Waals surface area contributed by atoms with Gasteiger partial charge in [-0.05, 0) is 26.3 Å². The molecule has 7 heteroatoms. The molecule has 1 rings (SSSR count). The van der Waals surface area contributed by atoms with Crippen LogP contribution in [0.1, 0.15) is 45.0 Å². The molecule has 0 saturated heterocycles. The van der Waals surface area contributed by atoms with Crippen LogP contribution in [0.3, 0.4) is 0 Å². The third-order valence-corrected chi connectivity index (χ3v) is 2.61. The first-order valence-corrected chi connectivity index (χ1v) is 6.15. The Bertz CT molecular complexity index is 348. The molecule has 1 N–H and O–H groups in total. The quantitative estimate of drug-likeness (QED) is 0.823. The maximum atomic E-state index is 12.3. The van der Waals surface area contributed by atoms with Crippen molar-refractivity contribution in [3.05, 3.63) is 12.2 Å². The van der Waals surface area contributed by atoms with E-state index in [2.05, 4.69) is 15.4 Å². The number of hydrogen-bond acceptors (Lipinski definition) is 3. The molecule has 0 radical (unpaired) electrons. The highest BCUT2D eigenvalue weighted by Crippen LogP contribution is 2.26. The minimum absolute atomic E-state index is 0.0117. The van der Waals surface area contributed by atoms with E-state index in [1.165, 1.54) is 6.33 Å². The topological polar surface area (TPSA) is 42.7 Å². The lowest BCUT2D eigenvalue weighted by atomic mass is 10.1. The van der Waals surface area contributed by atoms with E-state index in [0.717, 1.165) is 6.42 Å². The minimum Gasteiger partial charge on any atom is -0.307 e. The average Bonchev–Trinajstić information content (AvgIpc) is 2.76. The number of aryl methyl sites for hydroxylation is 1. The lowest BCUT2D eigenvalue weighted by molar-refractivity contribution is -0.136. The highest BCUT2D eigenvalue weighted by atomic mass is 19.4. The minimum atomic E-state index is -4.14. The monoisotopic (exact) mass is 264 g/mol. The van der Waals surface area contributed by atoms with Crippen LogP contribution >= 0.6 is 0 Å². The van der Waals surface area contributed by atoms with Crippen molar-refractivity contribution in [2.45, 2.75) is 51.9 Å². The lowest BCUT2D eigenvalue weighted by Crippen LogP contribution is -2.27. The predicted octanol–water partition coefficient (Wildman–Crippen LogP) is 2.68. The molecule has 0 amide bonds. The summed E-state index contributed by atoms with van der Waals surface area (Å²) in [6.45, 7) is 5.13. The first kappa shape index (κ1) is 14.9. The lowest BCUT2D eigenvalue weighted by Gasteiger charge is -2.19. The van der Waals surface area contributed by atoms with Crippen molar-refractivity contribution < 1.29 is 13.2 Å². The summed E-state index contributed by atoms with van der Waals surface area (Å²) in [6.07, 6.45) is -2.72. The second-order valence-corrected chi connectivity index (χ2v) is 4.09. The molecule has 0 aromatic carbocycles. The van der Waals surface area contributed by atoms with Crippen LogP contribution in [0, 0.1) is 0 Å². The first-order valence-electron chi connectivity index (χ1n) is 6.15. The van der Waals surface area contributed by atoms with Crippen LogP contribution in [0.25, 0.3) is 0 Å². The number of nitrogens with one attached hydrogen (secondary N) is 1. The van der Waals surface area contributed by atoms with Gasteiger partial charge in [0.05, 0.1) is 6.04 Å². The second kappa shape index (κ2) is 6.72. The summed E-state index contributed by atoms with van der Waals surface area (Å²) in [5.41, 5.74) is 0. The number of alkyl halides is 3. The van der Waals surface area contributed by atoms with Gasteiger partial charge in [-0.2, -0.15) is 18.3 Å². The van der Waals surface area contributed by atoms with Crippen molar-refractivity contribution in [2.24, 2.45) is 0 Å². The zero-order valence-corrected chi connectivity index (χ0v) is 10.7. The molecule has 0 fully saturated rings. The molecule has 104 valence electrons. The second-order valence-electron chi connectivity index (χ2n) is 4.09. The fourth-order valence-corrected chi connectivity index (χ4v) is 1.74. The summed E-state index contributed by atoms with van der Waals surface area (Å²) in [4.78, 5) is 4.06. The third kappa shape index (κ3) is 4.64. The average molecular weight is 264 g/mol. The fourth-order valence-electron chi connectivity index (χ4n) is 1.74. The normalized spacial score (nSPS) is 13.8. The van der Waals surface area contributed by atoms with Crippen molar-refractivity contribution in [2.75, 3.05) is 6.54 Å².